The van der Waals surface area contributed by atoms with Crippen molar-refractivity contribution in [2.24, 2.45) is 17.8 Å². The van der Waals surface area contributed by atoms with Crippen molar-refractivity contribution in [3.8, 4) is 0 Å². The summed E-state index contributed by atoms with van der Waals surface area (Å²) < 4.78 is 10.3. The molecule has 1 heterocycles. The molecule has 0 unspecified atom stereocenters. The summed E-state index contributed by atoms with van der Waals surface area (Å²) in [7, 11) is 0. The number of fused-ring (bicyclic) bond motifs is 1. The van der Waals surface area contributed by atoms with Gasteiger partial charge in [0.25, 0.3) is 0 Å². The third-order valence-electron chi connectivity index (χ3n) is 3.52. The van der Waals surface area contributed by atoms with E-state index in [0.29, 0.717) is 12.5 Å². The molecule has 0 N–H and O–H groups in total. The van der Waals surface area contributed by atoms with E-state index in [1.807, 2.05) is 6.92 Å². The molecule has 4 atom stereocenters. The van der Waals surface area contributed by atoms with Crippen LogP contribution in [0.2, 0.25) is 0 Å². The van der Waals surface area contributed by atoms with E-state index in [1.54, 1.807) is 0 Å². The second-order valence-corrected chi connectivity index (χ2v) is 4.48. The molecule has 0 spiro atoms. The lowest BCUT2D eigenvalue weighted by molar-refractivity contribution is -0.158. The van der Waals surface area contributed by atoms with Crippen LogP contribution in [-0.4, -0.2) is 24.6 Å². The molecule has 0 aromatic heterocycles. The highest BCUT2D eigenvalue weighted by Crippen LogP contribution is 2.43. The van der Waals surface area contributed by atoms with Gasteiger partial charge in [0.2, 0.25) is 0 Å². The first kappa shape index (κ1) is 10.5. The first-order chi connectivity index (χ1) is 7.09. The molecule has 4 heteroatoms. The van der Waals surface area contributed by atoms with Gasteiger partial charge >= 0.3 is 11.9 Å². The van der Waals surface area contributed by atoms with Gasteiger partial charge in [-0.2, -0.15) is 0 Å². The van der Waals surface area contributed by atoms with Crippen LogP contribution in [0.3, 0.4) is 0 Å². The lowest BCUT2D eigenvalue weighted by Gasteiger charge is -2.25. The molecule has 4 nitrogen and oxygen atoms in total. The van der Waals surface area contributed by atoms with E-state index in [1.165, 1.54) is 6.92 Å². The van der Waals surface area contributed by atoms with E-state index >= 15 is 0 Å². The summed E-state index contributed by atoms with van der Waals surface area (Å²) >= 11 is 0. The van der Waals surface area contributed by atoms with Crippen molar-refractivity contribution in [3.63, 3.8) is 0 Å². The van der Waals surface area contributed by atoms with E-state index in [2.05, 4.69) is 0 Å². The fourth-order valence-corrected chi connectivity index (χ4v) is 2.80. The molecule has 0 radical (unpaired) electrons. The average molecular weight is 212 g/mol. The van der Waals surface area contributed by atoms with Crippen molar-refractivity contribution in [1.82, 2.24) is 0 Å². The van der Waals surface area contributed by atoms with E-state index in [0.717, 1.165) is 12.8 Å². The van der Waals surface area contributed by atoms with Crippen LogP contribution in [0.4, 0.5) is 0 Å². The fraction of sp³-hybridized carbons (Fsp3) is 0.818. The molecule has 0 bridgehead atoms. The monoisotopic (exact) mass is 212 g/mol. The van der Waals surface area contributed by atoms with E-state index < -0.39 is 0 Å². The summed E-state index contributed by atoms with van der Waals surface area (Å²) in [5, 5.41) is 0. The molecule has 0 aromatic carbocycles. The maximum absolute atomic E-state index is 11.6. The molecule has 1 saturated heterocycles. The molecule has 0 amide bonds. The zero-order valence-corrected chi connectivity index (χ0v) is 9.06. The maximum atomic E-state index is 11.6. The van der Waals surface area contributed by atoms with Crippen LogP contribution in [0.1, 0.15) is 26.7 Å². The van der Waals surface area contributed by atoms with E-state index in [-0.39, 0.29) is 29.9 Å². The topological polar surface area (TPSA) is 52.6 Å². The van der Waals surface area contributed by atoms with Gasteiger partial charge in [-0.3, -0.25) is 9.59 Å². The Bertz CT molecular complexity index is 286. The van der Waals surface area contributed by atoms with Gasteiger partial charge in [0, 0.05) is 12.8 Å². The van der Waals surface area contributed by atoms with Crippen molar-refractivity contribution in [3.05, 3.63) is 0 Å². The van der Waals surface area contributed by atoms with Crippen LogP contribution < -0.4 is 0 Å². The zero-order valence-electron chi connectivity index (χ0n) is 9.06. The summed E-state index contributed by atoms with van der Waals surface area (Å²) in [5.41, 5.74) is 0. The summed E-state index contributed by atoms with van der Waals surface area (Å²) in [4.78, 5) is 22.4. The van der Waals surface area contributed by atoms with Crippen molar-refractivity contribution >= 4 is 11.9 Å². The summed E-state index contributed by atoms with van der Waals surface area (Å²) in [6, 6.07) is 0. The van der Waals surface area contributed by atoms with Crippen molar-refractivity contribution < 1.29 is 19.1 Å². The van der Waals surface area contributed by atoms with Gasteiger partial charge in [-0.05, 0) is 18.8 Å². The van der Waals surface area contributed by atoms with Crippen LogP contribution in [0.15, 0.2) is 0 Å². The molecule has 2 fully saturated rings. The molecule has 84 valence electrons. The standard InChI is InChI=1S/C11H16O4/c1-6-9(15-7(2)12)5-8-3-4-14-11(13)10(6)8/h6,8-10H,3-5H2,1-2H3/t6-,8-,9-,10+/m0/s1. The lowest BCUT2D eigenvalue weighted by Crippen LogP contribution is -2.33. The molecule has 1 aliphatic carbocycles. The Morgan fingerprint density at radius 1 is 1.53 bits per heavy atom. The van der Waals surface area contributed by atoms with Gasteiger partial charge < -0.3 is 9.47 Å². The van der Waals surface area contributed by atoms with Crippen molar-refractivity contribution in [2.45, 2.75) is 32.8 Å². The second kappa shape index (κ2) is 3.83. The predicted molar refractivity (Wildman–Crippen MR) is 51.9 cm³/mol. The Labute approximate surface area is 88.9 Å². The third-order valence-corrected chi connectivity index (χ3v) is 3.52. The highest BCUT2D eigenvalue weighted by atomic mass is 16.5. The van der Waals surface area contributed by atoms with Crippen LogP contribution in [0, 0.1) is 17.8 Å². The van der Waals surface area contributed by atoms with E-state index in [4.69, 9.17) is 9.47 Å². The Morgan fingerprint density at radius 2 is 2.27 bits per heavy atom. The van der Waals surface area contributed by atoms with Crippen LogP contribution in [0.5, 0.6) is 0 Å². The Morgan fingerprint density at radius 3 is 2.87 bits per heavy atom. The Hall–Kier alpha value is -1.06. The number of carbonyl (C=O) groups excluding carboxylic acids is 2. The average Bonchev–Trinajstić information content (AvgIpc) is 2.44. The molecule has 1 saturated carbocycles. The van der Waals surface area contributed by atoms with Gasteiger partial charge in [0.1, 0.15) is 6.10 Å². The van der Waals surface area contributed by atoms with Gasteiger partial charge in [-0.15, -0.1) is 0 Å². The van der Waals surface area contributed by atoms with E-state index in [9.17, 15) is 9.59 Å². The zero-order chi connectivity index (χ0) is 11.0. The number of cyclic esters (lactones) is 1. The minimum absolute atomic E-state index is 0.0666. The summed E-state index contributed by atoms with van der Waals surface area (Å²) in [5.74, 6) is -0.0207. The highest BCUT2D eigenvalue weighted by molar-refractivity contribution is 5.74. The quantitative estimate of drug-likeness (QED) is 0.611. The second-order valence-electron chi connectivity index (χ2n) is 4.48. The molecular formula is C11H16O4. The number of carbonyl (C=O) groups is 2. The SMILES string of the molecule is CC(=O)O[C@H]1C[C@@H]2CCOC(=O)[C@@H]2[C@H]1C. The largest absolute Gasteiger partial charge is 0.465 e. The van der Waals surface area contributed by atoms with Crippen LogP contribution in [0.25, 0.3) is 0 Å². The van der Waals surface area contributed by atoms with Gasteiger partial charge in [0.15, 0.2) is 0 Å². The molecular weight excluding hydrogens is 196 g/mol. The number of ether oxygens (including phenoxy) is 2. The van der Waals surface area contributed by atoms with Crippen molar-refractivity contribution in [2.75, 3.05) is 6.61 Å². The molecule has 2 rings (SSSR count). The minimum Gasteiger partial charge on any atom is -0.465 e. The third kappa shape index (κ3) is 1.85. The first-order valence-electron chi connectivity index (χ1n) is 5.43. The smallest absolute Gasteiger partial charge is 0.309 e. The van der Waals surface area contributed by atoms with Gasteiger partial charge in [-0.1, -0.05) is 6.92 Å². The van der Waals surface area contributed by atoms with Crippen LogP contribution >= 0.6 is 0 Å². The highest BCUT2D eigenvalue weighted by Gasteiger charge is 2.48. The number of hydrogen-bond donors (Lipinski definition) is 0. The maximum Gasteiger partial charge on any atom is 0.309 e. The summed E-state index contributed by atoms with van der Waals surface area (Å²) in [6.07, 6.45) is 1.60. The first-order valence-corrected chi connectivity index (χ1v) is 5.43. The molecule has 2 aliphatic rings. The Kier molecular flexibility index (Phi) is 2.67. The lowest BCUT2D eigenvalue weighted by atomic mass is 9.87. The molecule has 1 aliphatic heterocycles. The molecule has 15 heavy (non-hydrogen) atoms. The van der Waals surface area contributed by atoms with Crippen molar-refractivity contribution in [1.29, 1.82) is 0 Å². The normalized spacial score (nSPS) is 39.5. The summed E-state index contributed by atoms with van der Waals surface area (Å²) in [6.45, 7) is 3.89. The molecule has 0 aromatic rings. The number of esters is 2. The Balaban J connectivity index is 2.08. The predicted octanol–water partition coefficient (Wildman–Crippen LogP) is 1.14. The number of hydrogen-bond acceptors (Lipinski definition) is 4. The van der Waals surface area contributed by atoms with Gasteiger partial charge in [0.05, 0.1) is 12.5 Å². The van der Waals surface area contributed by atoms with Gasteiger partial charge in [-0.25, -0.2) is 0 Å². The number of rotatable bonds is 1. The minimum atomic E-state index is -0.265. The fourth-order valence-electron chi connectivity index (χ4n) is 2.80. The van der Waals surface area contributed by atoms with Crippen LogP contribution in [-0.2, 0) is 19.1 Å².